The summed E-state index contributed by atoms with van der Waals surface area (Å²) >= 11 is 0.770. The first-order chi connectivity index (χ1) is 10.3. The molecule has 1 heterocycles. The van der Waals surface area contributed by atoms with Crippen molar-refractivity contribution >= 4 is 39.2 Å². The Morgan fingerprint density at radius 2 is 2.05 bits per heavy atom. The van der Waals surface area contributed by atoms with Gasteiger partial charge >= 0.3 is 11.9 Å². The summed E-state index contributed by atoms with van der Waals surface area (Å²) in [5.41, 5.74) is -0.814. The minimum absolute atomic E-state index is 0.164. The van der Waals surface area contributed by atoms with Crippen LogP contribution in [0, 0.1) is 10.1 Å². The predicted molar refractivity (Wildman–Crippen MR) is 76.3 cm³/mol. The molecule has 0 radical (unpaired) electrons. The molecule has 116 valence electrons. The Kier molecular flexibility index (Phi) is 4.22. The number of non-ortho nitro benzene ring substituents is 1. The lowest BCUT2D eigenvalue weighted by Crippen LogP contribution is -2.26. The molecule has 9 nitrogen and oxygen atoms in total. The second-order valence-electron chi connectivity index (χ2n) is 4.45. The van der Waals surface area contributed by atoms with Crippen LogP contribution in [0.1, 0.15) is 18.9 Å². The van der Waals surface area contributed by atoms with Crippen molar-refractivity contribution < 1.29 is 24.7 Å². The summed E-state index contributed by atoms with van der Waals surface area (Å²) in [4.78, 5) is 44.1. The monoisotopic (exact) mass is 326 g/mol. The van der Waals surface area contributed by atoms with Gasteiger partial charge in [-0.2, -0.15) is 0 Å². The smallest absolute Gasteiger partial charge is 0.327 e. The molecule has 22 heavy (non-hydrogen) atoms. The summed E-state index contributed by atoms with van der Waals surface area (Å²) in [6, 6.07) is 2.29. The normalized spacial score (nSPS) is 12.2. The minimum atomic E-state index is -1.33. The van der Waals surface area contributed by atoms with E-state index in [-0.39, 0.29) is 22.2 Å². The van der Waals surface area contributed by atoms with Gasteiger partial charge in [0.25, 0.3) is 11.2 Å². The van der Waals surface area contributed by atoms with Gasteiger partial charge in [0.1, 0.15) is 6.04 Å². The standard InChI is InChI=1S/C12H10N2O7S/c15-10(16)4-3-8(12(18)19)13-11(17)7-2-1-6(14(20)21)5-9(7)22-13/h1-2,5,8H,3-4H2,(H,15,16)(H,18,19)/t8-/m0/s1. The van der Waals surface area contributed by atoms with Gasteiger partial charge < -0.3 is 10.2 Å². The van der Waals surface area contributed by atoms with Crippen LogP contribution in [-0.4, -0.2) is 31.0 Å². The molecule has 0 aliphatic heterocycles. The van der Waals surface area contributed by atoms with E-state index >= 15 is 0 Å². The Bertz CT molecular complexity index is 822. The first-order valence-electron chi connectivity index (χ1n) is 6.06. The van der Waals surface area contributed by atoms with Crippen LogP contribution in [0.2, 0.25) is 0 Å². The fourth-order valence-electron chi connectivity index (χ4n) is 1.95. The zero-order valence-corrected chi connectivity index (χ0v) is 11.8. The highest BCUT2D eigenvalue weighted by molar-refractivity contribution is 7.14. The van der Waals surface area contributed by atoms with Gasteiger partial charge in [-0.15, -0.1) is 0 Å². The summed E-state index contributed by atoms with van der Waals surface area (Å²) in [5, 5.41) is 28.7. The second-order valence-corrected chi connectivity index (χ2v) is 5.46. The van der Waals surface area contributed by atoms with E-state index in [2.05, 4.69) is 0 Å². The van der Waals surface area contributed by atoms with Crippen molar-refractivity contribution in [3.8, 4) is 0 Å². The van der Waals surface area contributed by atoms with Crippen molar-refractivity contribution in [3.05, 3.63) is 38.7 Å². The van der Waals surface area contributed by atoms with Gasteiger partial charge in [-0.05, 0) is 12.5 Å². The Labute approximate surface area is 126 Å². The van der Waals surface area contributed by atoms with Gasteiger partial charge in [-0.25, -0.2) is 8.75 Å². The van der Waals surface area contributed by atoms with Gasteiger partial charge in [-0.1, -0.05) is 11.5 Å². The highest BCUT2D eigenvalue weighted by Crippen LogP contribution is 2.26. The number of nitro groups is 1. The zero-order chi connectivity index (χ0) is 16.4. The molecule has 0 saturated carbocycles. The van der Waals surface area contributed by atoms with Gasteiger partial charge in [0.2, 0.25) is 0 Å². The number of hydrogen-bond donors (Lipinski definition) is 2. The number of nitrogens with zero attached hydrogens (tertiary/aromatic N) is 2. The molecule has 0 aliphatic carbocycles. The van der Waals surface area contributed by atoms with E-state index in [4.69, 9.17) is 5.11 Å². The SMILES string of the molecule is O=C(O)CC[C@@H](C(=O)O)n1sc2cc([N+](=O)[O-])ccc2c1=O. The number of nitro benzene ring substituents is 1. The number of hydrogen-bond acceptors (Lipinski definition) is 6. The molecule has 0 bridgehead atoms. The molecular weight excluding hydrogens is 316 g/mol. The van der Waals surface area contributed by atoms with E-state index in [1.54, 1.807) is 0 Å². The van der Waals surface area contributed by atoms with E-state index in [1.165, 1.54) is 12.1 Å². The number of aromatic nitrogens is 1. The quantitative estimate of drug-likeness (QED) is 0.605. The third-order valence-electron chi connectivity index (χ3n) is 3.00. The fraction of sp³-hybridized carbons (Fsp3) is 0.250. The average Bonchev–Trinajstić information content (AvgIpc) is 2.75. The van der Waals surface area contributed by atoms with E-state index in [0.29, 0.717) is 0 Å². The van der Waals surface area contributed by atoms with Gasteiger partial charge in [-0.3, -0.25) is 19.7 Å². The number of carboxylic acid groups (broad SMARTS) is 2. The van der Waals surface area contributed by atoms with E-state index in [9.17, 15) is 29.6 Å². The summed E-state index contributed by atoms with van der Waals surface area (Å²) in [6.07, 6.45) is -0.655. The Morgan fingerprint density at radius 1 is 1.36 bits per heavy atom. The molecule has 0 saturated heterocycles. The van der Waals surface area contributed by atoms with E-state index in [0.717, 1.165) is 21.6 Å². The molecule has 10 heteroatoms. The Morgan fingerprint density at radius 3 is 2.59 bits per heavy atom. The van der Waals surface area contributed by atoms with Gasteiger partial charge in [0, 0.05) is 18.6 Å². The van der Waals surface area contributed by atoms with Crippen molar-refractivity contribution in [2.75, 3.05) is 0 Å². The van der Waals surface area contributed by atoms with E-state index < -0.39 is 34.9 Å². The van der Waals surface area contributed by atoms with E-state index in [1.807, 2.05) is 0 Å². The average molecular weight is 326 g/mol. The molecular formula is C12H10N2O7S. The summed E-state index contributed by atoms with van der Waals surface area (Å²) in [5.74, 6) is -2.50. The van der Waals surface area contributed by atoms with Crippen LogP contribution >= 0.6 is 11.5 Å². The lowest BCUT2D eigenvalue weighted by atomic mass is 10.1. The Balaban J connectivity index is 2.51. The topological polar surface area (TPSA) is 140 Å². The van der Waals surface area contributed by atoms with Crippen LogP contribution in [0.3, 0.4) is 0 Å². The number of carbonyl (C=O) groups is 2. The maximum absolute atomic E-state index is 12.2. The minimum Gasteiger partial charge on any atom is -0.481 e. The van der Waals surface area contributed by atoms with Gasteiger partial charge in [0.05, 0.1) is 15.0 Å². The molecule has 1 aromatic carbocycles. The van der Waals surface area contributed by atoms with Crippen LogP contribution < -0.4 is 5.56 Å². The lowest BCUT2D eigenvalue weighted by molar-refractivity contribution is -0.384. The number of benzene rings is 1. The Hall–Kier alpha value is -2.75. The van der Waals surface area contributed by atoms with Gasteiger partial charge in [0.15, 0.2) is 0 Å². The second kappa shape index (κ2) is 5.93. The first kappa shape index (κ1) is 15.6. The van der Waals surface area contributed by atoms with Crippen molar-refractivity contribution in [2.24, 2.45) is 0 Å². The maximum Gasteiger partial charge on any atom is 0.327 e. The maximum atomic E-state index is 12.2. The number of rotatable bonds is 6. The lowest BCUT2D eigenvalue weighted by Gasteiger charge is -2.10. The summed E-state index contributed by atoms with van der Waals surface area (Å²) < 4.78 is 1.22. The molecule has 0 fully saturated rings. The van der Waals surface area contributed by atoms with Crippen molar-refractivity contribution in [1.29, 1.82) is 0 Å². The third-order valence-corrected chi connectivity index (χ3v) is 4.15. The van der Waals surface area contributed by atoms with Crippen molar-refractivity contribution in [2.45, 2.75) is 18.9 Å². The van der Waals surface area contributed by atoms with Crippen LogP contribution in [0.4, 0.5) is 5.69 Å². The molecule has 2 rings (SSSR count). The predicted octanol–water partition coefficient (Wildman–Crippen LogP) is 1.46. The molecule has 1 aromatic heterocycles. The first-order valence-corrected chi connectivity index (χ1v) is 6.83. The summed E-state index contributed by atoms with van der Waals surface area (Å²) in [6.45, 7) is 0. The number of carboxylic acids is 2. The zero-order valence-electron chi connectivity index (χ0n) is 11.0. The highest BCUT2D eigenvalue weighted by Gasteiger charge is 2.25. The van der Waals surface area contributed by atoms with Crippen LogP contribution in [0.25, 0.3) is 10.1 Å². The number of fused-ring (bicyclic) bond motifs is 1. The van der Waals surface area contributed by atoms with Crippen molar-refractivity contribution in [1.82, 2.24) is 3.96 Å². The molecule has 2 aromatic rings. The molecule has 2 N–H and O–H groups in total. The van der Waals surface area contributed by atoms with Crippen LogP contribution in [0.5, 0.6) is 0 Å². The molecule has 0 aliphatic rings. The highest BCUT2D eigenvalue weighted by atomic mass is 32.1. The third kappa shape index (κ3) is 2.96. The summed E-state index contributed by atoms with van der Waals surface area (Å²) in [7, 11) is 0. The van der Waals surface area contributed by atoms with Crippen molar-refractivity contribution in [3.63, 3.8) is 0 Å². The largest absolute Gasteiger partial charge is 0.481 e. The fourth-order valence-corrected chi connectivity index (χ4v) is 3.09. The molecule has 1 atom stereocenters. The van der Waals surface area contributed by atoms with Crippen LogP contribution in [-0.2, 0) is 9.59 Å². The van der Waals surface area contributed by atoms with Crippen LogP contribution in [0.15, 0.2) is 23.0 Å². The molecule has 0 spiro atoms. The number of aliphatic carboxylic acids is 2. The molecule has 0 amide bonds. The molecule has 0 unspecified atom stereocenters.